The Bertz CT molecular complexity index is 451. The van der Waals surface area contributed by atoms with E-state index >= 15 is 0 Å². The standard InChI is InChI=1S/C15H29N3O3S.ClH/c19-15(8-12-18-11-5-13-22(18,20)21)17-10-9-16-14-6-3-1-2-4-7-14;/h14,16H,1-13H2,(H,17,19);1H. The Morgan fingerprint density at radius 1 is 1.04 bits per heavy atom. The minimum Gasteiger partial charge on any atom is -0.355 e. The Hall–Kier alpha value is -0.370. The predicted octanol–water partition coefficient (Wildman–Crippen LogP) is 1.26. The number of hydrogen-bond donors (Lipinski definition) is 2. The molecule has 1 heterocycles. The molecule has 1 saturated heterocycles. The van der Waals surface area contributed by atoms with Crippen LogP contribution in [0.1, 0.15) is 51.4 Å². The molecule has 0 unspecified atom stereocenters. The Morgan fingerprint density at radius 3 is 2.35 bits per heavy atom. The Labute approximate surface area is 146 Å². The lowest BCUT2D eigenvalue weighted by Gasteiger charge is -2.17. The van der Waals surface area contributed by atoms with Crippen molar-refractivity contribution in [1.29, 1.82) is 0 Å². The molecule has 0 aromatic carbocycles. The van der Waals surface area contributed by atoms with E-state index < -0.39 is 10.0 Å². The number of sulfonamides is 1. The van der Waals surface area contributed by atoms with E-state index in [0.29, 0.717) is 32.1 Å². The van der Waals surface area contributed by atoms with Gasteiger partial charge in [0.2, 0.25) is 15.9 Å². The summed E-state index contributed by atoms with van der Waals surface area (Å²) in [6.07, 6.45) is 8.69. The highest BCUT2D eigenvalue weighted by Crippen LogP contribution is 2.16. The maximum absolute atomic E-state index is 11.8. The zero-order valence-electron chi connectivity index (χ0n) is 13.8. The van der Waals surface area contributed by atoms with Crippen molar-refractivity contribution in [3.63, 3.8) is 0 Å². The first-order chi connectivity index (χ1) is 10.6. The topological polar surface area (TPSA) is 78.5 Å². The third-order valence-electron chi connectivity index (χ3n) is 4.53. The van der Waals surface area contributed by atoms with Crippen molar-refractivity contribution >= 4 is 28.3 Å². The molecule has 0 atom stereocenters. The molecule has 1 aliphatic heterocycles. The van der Waals surface area contributed by atoms with Gasteiger partial charge in [-0.05, 0) is 19.3 Å². The average Bonchev–Trinajstić information content (AvgIpc) is 2.68. The summed E-state index contributed by atoms with van der Waals surface area (Å²) < 4.78 is 24.7. The molecule has 0 aromatic heterocycles. The van der Waals surface area contributed by atoms with E-state index in [2.05, 4.69) is 10.6 Å². The van der Waals surface area contributed by atoms with Crippen LogP contribution in [0.3, 0.4) is 0 Å². The smallest absolute Gasteiger partial charge is 0.221 e. The van der Waals surface area contributed by atoms with Crippen LogP contribution in [-0.4, -0.2) is 56.6 Å². The van der Waals surface area contributed by atoms with Gasteiger partial charge in [-0.2, -0.15) is 0 Å². The quantitative estimate of drug-likeness (QED) is 0.524. The summed E-state index contributed by atoms with van der Waals surface area (Å²) in [4.78, 5) is 11.8. The summed E-state index contributed by atoms with van der Waals surface area (Å²) in [5.41, 5.74) is 0. The fourth-order valence-corrected chi connectivity index (χ4v) is 4.75. The fourth-order valence-electron chi connectivity index (χ4n) is 3.22. The molecule has 2 N–H and O–H groups in total. The van der Waals surface area contributed by atoms with E-state index in [-0.39, 0.29) is 30.5 Å². The van der Waals surface area contributed by atoms with Crippen molar-refractivity contribution in [2.75, 3.05) is 31.9 Å². The van der Waals surface area contributed by atoms with Crippen LogP contribution in [0.2, 0.25) is 0 Å². The van der Waals surface area contributed by atoms with Gasteiger partial charge >= 0.3 is 0 Å². The van der Waals surface area contributed by atoms with Gasteiger partial charge in [0.15, 0.2) is 0 Å². The van der Waals surface area contributed by atoms with E-state index in [0.717, 1.165) is 6.54 Å². The van der Waals surface area contributed by atoms with Crippen LogP contribution in [0.15, 0.2) is 0 Å². The number of halogens is 1. The van der Waals surface area contributed by atoms with Crippen LogP contribution in [0.25, 0.3) is 0 Å². The molecule has 2 fully saturated rings. The second-order valence-corrected chi connectivity index (χ2v) is 8.40. The van der Waals surface area contributed by atoms with E-state index in [9.17, 15) is 13.2 Å². The number of carbonyl (C=O) groups excluding carboxylic acids is 1. The Kier molecular flexibility index (Phi) is 9.43. The van der Waals surface area contributed by atoms with E-state index in [1.165, 1.54) is 42.8 Å². The van der Waals surface area contributed by atoms with Gasteiger partial charge in [0, 0.05) is 38.6 Å². The summed E-state index contributed by atoms with van der Waals surface area (Å²) in [6.45, 7) is 2.27. The normalized spacial score (nSPS) is 22.3. The first-order valence-corrected chi connectivity index (χ1v) is 10.2. The molecular weight excluding hydrogens is 338 g/mol. The average molecular weight is 368 g/mol. The molecule has 0 bridgehead atoms. The van der Waals surface area contributed by atoms with Crippen molar-refractivity contribution in [3.05, 3.63) is 0 Å². The van der Waals surface area contributed by atoms with Crippen molar-refractivity contribution in [2.45, 2.75) is 57.4 Å². The maximum Gasteiger partial charge on any atom is 0.221 e. The van der Waals surface area contributed by atoms with E-state index in [1.54, 1.807) is 0 Å². The number of rotatable bonds is 7. The van der Waals surface area contributed by atoms with Crippen molar-refractivity contribution in [1.82, 2.24) is 14.9 Å². The van der Waals surface area contributed by atoms with Gasteiger partial charge in [0.25, 0.3) is 0 Å². The summed E-state index contributed by atoms with van der Waals surface area (Å²) >= 11 is 0. The molecule has 23 heavy (non-hydrogen) atoms. The fraction of sp³-hybridized carbons (Fsp3) is 0.933. The van der Waals surface area contributed by atoms with Crippen LogP contribution in [0, 0.1) is 0 Å². The van der Waals surface area contributed by atoms with Gasteiger partial charge in [-0.15, -0.1) is 12.4 Å². The van der Waals surface area contributed by atoms with Crippen molar-refractivity contribution in [3.8, 4) is 0 Å². The monoisotopic (exact) mass is 367 g/mol. The number of hydrogen-bond acceptors (Lipinski definition) is 4. The van der Waals surface area contributed by atoms with Gasteiger partial charge in [-0.1, -0.05) is 25.7 Å². The van der Waals surface area contributed by atoms with Crippen LogP contribution in [0.5, 0.6) is 0 Å². The lowest BCUT2D eigenvalue weighted by Crippen LogP contribution is -2.38. The highest BCUT2D eigenvalue weighted by molar-refractivity contribution is 7.89. The molecule has 0 aromatic rings. The SMILES string of the molecule is Cl.O=C(CCN1CCCS1(=O)=O)NCCNC1CCCCCC1. The first-order valence-electron chi connectivity index (χ1n) is 8.56. The molecule has 136 valence electrons. The van der Waals surface area contributed by atoms with Gasteiger partial charge in [0.1, 0.15) is 0 Å². The molecule has 6 nitrogen and oxygen atoms in total. The predicted molar refractivity (Wildman–Crippen MR) is 94.3 cm³/mol. The van der Waals surface area contributed by atoms with Crippen LogP contribution < -0.4 is 10.6 Å². The van der Waals surface area contributed by atoms with E-state index in [1.807, 2.05) is 0 Å². The molecule has 1 amide bonds. The molecule has 1 saturated carbocycles. The summed E-state index contributed by atoms with van der Waals surface area (Å²) in [7, 11) is -3.08. The minimum atomic E-state index is -3.08. The largest absolute Gasteiger partial charge is 0.355 e. The molecule has 8 heteroatoms. The van der Waals surface area contributed by atoms with Crippen LogP contribution in [0.4, 0.5) is 0 Å². The Balaban J connectivity index is 0.00000264. The summed E-state index contributed by atoms with van der Waals surface area (Å²) in [6, 6.07) is 0.592. The number of nitrogens with zero attached hydrogens (tertiary/aromatic N) is 1. The second-order valence-electron chi connectivity index (χ2n) is 6.31. The molecule has 2 aliphatic rings. The zero-order chi connectivity index (χ0) is 15.8. The number of amides is 1. The molecule has 0 spiro atoms. The summed E-state index contributed by atoms with van der Waals surface area (Å²) in [5.74, 6) is 0.157. The van der Waals surface area contributed by atoms with Crippen molar-refractivity contribution in [2.24, 2.45) is 0 Å². The van der Waals surface area contributed by atoms with E-state index in [4.69, 9.17) is 0 Å². The maximum atomic E-state index is 11.8. The Morgan fingerprint density at radius 2 is 1.74 bits per heavy atom. The van der Waals surface area contributed by atoms with Gasteiger partial charge < -0.3 is 10.6 Å². The van der Waals surface area contributed by atoms with Crippen molar-refractivity contribution < 1.29 is 13.2 Å². The molecule has 2 rings (SSSR count). The van der Waals surface area contributed by atoms with Crippen LogP contribution >= 0.6 is 12.4 Å². The number of nitrogens with one attached hydrogen (secondary N) is 2. The third-order valence-corrected chi connectivity index (χ3v) is 6.48. The van der Waals surface area contributed by atoms with Gasteiger partial charge in [-0.25, -0.2) is 12.7 Å². The lowest BCUT2D eigenvalue weighted by atomic mass is 10.1. The highest BCUT2D eigenvalue weighted by Gasteiger charge is 2.28. The highest BCUT2D eigenvalue weighted by atomic mass is 35.5. The van der Waals surface area contributed by atoms with Gasteiger partial charge in [-0.3, -0.25) is 4.79 Å². The number of carbonyl (C=O) groups is 1. The summed E-state index contributed by atoms with van der Waals surface area (Å²) in [5, 5.41) is 6.37. The second kappa shape index (κ2) is 10.5. The molecule has 0 radical (unpaired) electrons. The minimum absolute atomic E-state index is 0. The third kappa shape index (κ3) is 7.37. The van der Waals surface area contributed by atoms with Gasteiger partial charge in [0.05, 0.1) is 5.75 Å². The zero-order valence-corrected chi connectivity index (χ0v) is 15.4. The van der Waals surface area contributed by atoms with Crippen LogP contribution in [-0.2, 0) is 14.8 Å². The lowest BCUT2D eigenvalue weighted by molar-refractivity contribution is -0.121. The molecule has 1 aliphatic carbocycles. The molecular formula is C15H30ClN3O3S. The first kappa shape index (κ1) is 20.7.